The number of ether oxygens (including phenoxy) is 3. The van der Waals surface area contributed by atoms with Crippen LogP contribution in [0.5, 0.6) is 0 Å². The maximum atomic E-state index is 6.39. The summed E-state index contributed by atoms with van der Waals surface area (Å²) in [7, 11) is 0. The number of rotatable bonds is 3. The van der Waals surface area contributed by atoms with E-state index in [1.807, 2.05) is 0 Å². The Morgan fingerprint density at radius 2 is 1.86 bits per heavy atom. The summed E-state index contributed by atoms with van der Waals surface area (Å²) >= 11 is 0. The first-order chi connectivity index (χ1) is 9.81. The summed E-state index contributed by atoms with van der Waals surface area (Å²) < 4.78 is 18.3. The summed E-state index contributed by atoms with van der Waals surface area (Å²) in [4.78, 5) is 0. The van der Waals surface area contributed by atoms with Gasteiger partial charge in [0.1, 0.15) is 6.10 Å². The van der Waals surface area contributed by atoms with Crippen molar-refractivity contribution >= 4 is 0 Å². The first kappa shape index (κ1) is 13.3. The number of hydrogen-bond acceptors (Lipinski definition) is 3. The Hall–Kier alpha value is -0.120. The SMILES string of the molecule is CC1(C)CC(OCC2CC3CC2C2OC32C)C2OC2(C)C1. The second-order valence-corrected chi connectivity index (χ2v) is 9.58. The van der Waals surface area contributed by atoms with Gasteiger partial charge in [-0.15, -0.1) is 0 Å². The van der Waals surface area contributed by atoms with E-state index in [4.69, 9.17) is 14.2 Å². The normalized spacial score (nSPS) is 62.3. The molecule has 0 aromatic rings. The highest BCUT2D eigenvalue weighted by atomic mass is 16.6. The Morgan fingerprint density at radius 3 is 2.57 bits per heavy atom. The second-order valence-electron chi connectivity index (χ2n) is 9.58. The van der Waals surface area contributed by atoms with E-state index >= 15 is 0 Å². The number of fused-ring (bicyclic) bond motifs is 6. The third-order valence-corrected chi connectivity index (χ3v) is 7.22. The van der Waals surface area contributed by atoms with Gasteiger partial charge in [-0.1, -0.05) is 13.8 Å². The van der Waals surface area contributed by atoms with Crippen molar-refractivity contribution < 1.29 is 14.2 Å². The molecule has 0 amide bonds. The van der Waals surface area contributed by atoms with Gasteiger partial charge in [0, 0.05) is 0 Å². The molecule has 8 atom stereocenters. The third-order valence-electron chi connectivity index (χ3n) is 7.22. The van der Waals surface area contributed by atoms with Crippen LogP contribution in [0.2, 0.25) is 0 Å². The first-order valence-corrected chi connectivity index (χ1v) is 8.78. The maximum absolute atomic E-state index is 6.39. The predicted molar refractivity (Wildman–Crippen MR) is 79.0 cm³/mol. The highest BCUT2D eigenvalue weighted by Crippen LogP contribution is 2.65. The van der Waals surface area contributed by atoms with E-state index in [0.29, 0.717) is 23.7 Å². The van der Waals surface area contributed by atoms with Crippen LogP contribution in [0.15, 0.2) is 0 Å². The minimum Gasteiger partial charge on any atom is -0.375 e. The highest BCUT2D eigenvalue weighted by molar-refractivity contribution is 5.19. The van der Waals surface area contributed by atoms with Gasteiger partial charge in [-0.2, -0.15) is 0 Å². The van der Waals surface area contributed by atoms with Gasteiger partial charge in [0.2, 0.25) is 0 Å². The van der Waals surface area contributed by atoms with E-state index in [0.717, 1.165) is 30.8 Å². The summed E-state index contributed by atoms with van der Waals surface area (Å²) in [5.41, 5.74) is 0.699. The van der Waals surface area contributed by atoms with Gasteiger partial charge in [-0.25, -0.2) is 0 Å². The van der Waals surface area contributed by atoms with Crippen LogP contribution in [-0.2, 0) is 14.2 Å². The zero-order chi connectivity index (χ0) is 14.6. The van der Waals surface area contributed by atoms with Gasteiger partial charge in [0.15, 0.2) is 0 Å². The monoisotopic (exact) mass is 292 g/mol. The van der Waals surface area contributed by atoms with Crippen LogP contribution in [0.25, 0.3) is 0 Å². The van der Waals surface area contributed by atoms with Gasteiger partial charge in [-0.05, 0) is 62.7 Å². The molecule has 3 saturated carbocycles. The van der Waals surface area contributed by atoms with E-state index in [-0.39, 0.29) is 11.2 Å². The van der Waals surface area contributed by atoms with Crippen molar-refractivity contribution in [2.75, 3.05) is 6.61 Å². The minimum atomic E-state index is 0.0965. The highest BCUT2D eigenvalue weighted by Gasteiger charge is 2.71. The Kier molecular flexibility index (Phi) is 2.34. The molecule has 3 aliphatic carbocycles. The molecule has 0 aromatic carbocycles. The summed E-state index contributed by atoms with van der Waals surface area (Å²) in [6.45, 7) is 10.2. The molecule has 5 fully saturated rings. The third kappa shape index (κ3) is 1.77. The molecule has 5 aliphatic rings. The Labute approximate surface area is 127 Å². The molecule has 0 aromatic heterocycles. The Balaban J connectivity index is 1.22. The predicted octanol–water partition coefficient (Wildman–Crippen LogP) is 3.16. The van der Waals surface area contributed by atoms with Crippen LogP contribution in [-0.4, -0.2) is 36.1 Å². The van der Waals surface area contributed by atoms with Crippen molar-refractivity contribution in [1.82, 2.24) is 0 Å². The standard InChI is InChI=1S/C18H28O3/c1-16(2)7-13(15-17(3,9-16)20-15)19-8-10-5-11-6-12(10)14-18(11,4)21-14/h10-15H,5-9H2,1-4H3. The van der Waals surface area contributed by atoms with Crippen LogP contribution in [0, 0.1) is 23.2 Å². The second kappa shape index (κ2) is 3.68. The lowest BCUT2D eigenvalue weighted by molar-refractivity contribution is -0.0279. The van der Waals surface area contributed by atoms with Crippen LogP contribution in [0.4, 0.5) is 0 Å². The van der Waals surface area contributed by atoms with Gasteiger partial charge in [-0.3, -0.25) is 0 Å². The minimum absolute atomic E-state index is 0.0965. The topological polar surface area (TPSA) is 34.3 Å². The zero-order valence-corrected chi connectivity index (χ0v) is 13.7. The fraction of sp³-hybridized carbons (Fsp3) is 1.00. The summed E-state index contributed by atoms with van der Waals surface area (Å²) in [6, 6.07) is 0. The maximum Gasteiger partial charge on any atom is 0.113 e. The van der Waals surface area contributed by atoms with Crippen molar-refractivity contribution in [2.45, 2.75) is 82.9 Å². The van der Waals surface area contributed by atoms with Crippen molar-refractivity contribution in [3.8, 4) is 0 Å². The first-order valence-electron chi connectivity index (χ1n) is 8.78. The van der Waals surface area contributed by atoms with Crippen molar-refractivity contribution in [1.29, 1.82) is 0 Å². The fourth-order valence-corrected chi connectivity index (χ4v) is 6.20. The molecule has 3 nitrogen and oxygen atoms in total. The Morgan fingerprint density at radius 1 is 1.05 bits per heavy atom. The van der Waals surface area contributed by atoms with Gasteiger partial charge < -0.3 is 14.2 Å². The average molecular weight is 292 g/mol. The quantitative estimate of drug-likeness (QED) is 0.749. The van der Waals surface area contributed by atoms with E-state index in [1.54, 1.807) is 0 Å². The van der Waals surface area contributed by atoms with Crippen LogP contribution in [0.3, 0.4) is 0 Å². The van der Waals surface area contributed by atoms with Crippen molar-refractivity contribution in [2.24, 2.45) is 23.2 Å². The van der Waals surface area contributed by atoms with Crippen molar-refractivity contribution in [3.63, 3.8) is 0 Å². The fourth-order valence-electron chi connectivity index (χ4n) is 6.20. The lowest BCUT2D eigenvalue weighted by Crippen LogP contribution is -2.40. The molecule has 0 spiro atoms. The van der Waals surface area contributed by atoms with Crippen LogP contribution >= 0.6 is 0 Å². The van der Waals surface area contributed by atoms with Gasteiger partial charge >= 0.3 is 0 Å². The van der Waals surface area contributed by atoms with E-state index in [9.17, 15) is 0 Å². The van der Waals surface area contributed by atoms with Gasteiger partial charge in [0.05, 0.1) is 30.0 Å². The Bertz CT molecular complexity index is 486. The van der Waals surface area contributed by atoms with E-state index in [2.05, 4.69) is 27.7 Å². The molecule has 5 rings (SSSR count). The van der Waals surface area contributed by atoms with Crippen LogP contribution < -0.4 is 0 Å². The molecule has 0 N–H and O–H groups in total. The molecule has 3 heteroatoms. The molecule has 118 valence electrons. The molecule has 2 aliphatic heterocycles. The summed E-state index contributed by atoms with van der Waals surface area (Å²) in [6.07, 6.45) is 6.23. The molecule has 2 heterocycles. The molecule has 2 saturated heterocycles. The lowest BCUT2D eigenvalue weighted by atomic mass is 9.71. The zero-order valence-electron chi connectivity index (χ0n) is 13.7. The average Bonchev–Trinajstić information content (AvgIpc) is 3.15. The molecular formula is C18H28O3. The van der Waals surface area contributed by atoms with E-state index < -0.39 is 0 Å². The number of epoxide rings is 2. The van der Waals surface area contributed by atoms with Crippen molar-refractivity contribution in [3.05, 3.63) is 0 Å². The van der Waals surface area contributed by atoms with E-state index in [1.165, 1.54) is 19.3 Å². The molecule has 21 heavy (non-hydrogen) atoms. The largest absolute Gasteiger partial charge is 0.375 e. The smallest absolute Gasteiger partial charge is 0.113 e. The number of hydrogen-bond donors (Lipinski definition) is 0. The summed E-state index contributed by atoms with van der Waals surface area (Å²) in [5, 5.41) is 0. The van der Waals surface area contributed by atoms with Crippen LogP contribution in [0.1, 0.15) is 53.4 Å². The van der Waals surface area contributed by atoms with Gasteiger partial charge in [0.25, 0.3) is 0 Å². The molecule has 2 bridgehead atoms. The molecule has 0 radical (unpaired) electrons. The molecular weight excluding hydrogens is 264 g/mol. The lowest BCUT2D eigenvalue weighted by Gasteiger charge is -2.36. The molecule has 8 unspecified atom stereocenters. The summed E-state index contributed by atoms with van der Waals surface area (Å²) in [5.74, 6) is 2.29.